The Bertz CT molecular complexity index is 281. The number of aromatic nitrogens is 1. The van der Waals surface area contributed by atoms with E-state index in [9.17, 15) is 5.21 Å². The second-order valence-electron chi connectivity index (χ2n) is 2.34. The predicted molar refractivity (Wildman–Crippen MR) is 43.7 cm³/mol. The Hall–Kier alpha value is -1.38. The summed E-state index contributed by atoms with van der Waals surface area (Å²) in [5.74, 6) is 0. The average molecular weight is 150 g/mol. The van der Waals surface area contributed by atoms with Crippen molar-refractivity contribution in [2.75, 3.05) is 7.05 Å². The van der Waals surface area contributed by atoms with E-state index in [1.807, 2.05) is 13.0 Å². The number of pyridine rings is 1. The summed E-state index contributed by atoms with van der Waals surface area (Å²) in [6.07, 6.45) is 3.06. The molecule has 0 atom stereocenters. The minimum Gasteiger partial charge on any atom is -0.618 e. The zero-order valence-electron chi connectivity index (χ0n) is 6.61. The molecule has 11 heavy (non-hydrogen) atoms. The van der Waals surface area contributed by atoms with Crippen molar-refractivity contribution in [3.05, 3.63) is 34.8 Å². The van der Waals surface area contributed by atoms with Crippen LogP contribution in [-0.2, 0) is 0 Å². The SMILES string of the molecule is C/N=C/c1ccc(C)c[n+]1[O-]. The Morgan fingerprint density at radius 3 is 2.82 bits per heavy atom. The van der Waals surface area contributed by atoms with E-state index in [1.165, 1.54) is 12.4 Å². The predicted octanol–water partition coefficient (Wildman–Crippen LogP) is 0.677. The molecule has 3 nitrogen and oxygen atoms in total. The summed E-state index contributed by atoms with van der Waals surface area (Å²) in [5.41, 5.74) is 1.52. The largest absolute Gasteiger partial charge is 0.618 e. The molecule has 0 bridgehead atoms. The van der Waals surface area contributed by atoms with E-state index >= 15 is 0 Å². The topological polar surface area (TPSA) is 39.3 Å². The Morgan fingerprint density at radius 1 is 1.55 bits per heavy atom. The second kappa shape index (κ2) is 3.14. The first-order valence-corrected chi connectivity index (χ1v) is 3.36. The van der Waals surface area contributed by atoms with Crippen LogP contribution >= 0.6 is 0 Å². The van der Waals surface area contributed by atoms with Crippen LogP contribution in [0.5, 0.6) is 0 Å². The molecule has 0 spiro atoms. The van der Waals surface area contributed by atoms with Gasteiger partial charge in [0.25, 0.3) is 0 Å². The van der Waals surface area contributed by atoms with E-state index in [0.29, 0.717) is 5.69 Å². The van der Waals surface area contributed by atoms with Crippen molar-refractivity contribution in [1.82, 2.24) is 0 Å². The van der Waals surface area contributed by atoms with Crippen LogP contribution in [0.25, 0.3) is 0 Å². The third-order valence-electron chi connectivity index (χ3n) is 1.35. The quantitative estimate of drug-likeness (QED) is 0.329. The Kier molecular flexibility index (Phi) is 2.21. The van der Waals surface area contributed by atoms with Gasteiger partial charge in [-0.25, -0.2) is 0 Å². The van der Waals surface area contributed by atoms with Crippen molar-refractivity contribution in [3.63, 3.8) is 0 Å². The fraction of sp³-hybridized carbons (Fsp3) is 0.250. The van der Waals surface area contributed by atoms with Crippen molar-refractivity contribution in [2.45, 2.75) is 6.92 Å². The third kappa shape index (κ3) is 1.77. The lowest BCUT2D eigenvalue weighted by molar-refractivity contribution is -0.606. The summed E-state index contributed by atoms with van der Waals surface area (Å²) in [6, 6.07) is 3.63. The molecule has 1 rings (SSSR count). The van der Waals surface area contributed by atoms with Gasteiger partial charge in [0.2, 0.25) is 5.69 Å². The molecule has 0 unspecified atom stereocenters. The maximum Gasteiger partial charge on any atom is 0.234 e. The van der Waals surface area contributed by atoms with E-state index in [0.717, 1.165) is 10.3 Å². The van der Waals surface area contributed by atoms with Gasteiger partial charge in [0.05, 0.1) is 6.21 Å². The molecular weight excluding hydrogens is 140 g/mol. The van der Waals surface area contributed by atoms with Crippen molar-refractivity contribution in [1.29, 1.82) is 0 Å². The summed E-state index contributed by atoms with van der Waals surface area (Å²) >= 11 is 0. The van der Waals surface area contributed by atoms with Crippen LogP contribution in [0.2, 0.25) is 0 Å². The van der Waals surface area contributed by atoms with Crippen LogP contribution in [0.3, 0.4) is 0 Å². The molecule has 0 aliphatic rings. The molecule has 0 fully saturated rings. The molecule has 1 aromatic heterocycles. The molecule has 0 aliphatic heterocycles. The lowest BCUT2D eigenvalue weighted by atomic mass is 10.3. The fourth-order valence-corrected chi connectivity index (χ4v) is 0.825. The van der Waals surface area contributed by atoms with E-state index in [1.54, 1.807) is 13.1 Å². The number of hydrogen-bond acceptors (Lipinski definition) is 2. The fourth-order valence-electron chi connectivity index (χ4n) is 0.825. The van der Waals surface area contributed by atoms with Crippen molar-refractivity contribution in [2.24, 2.45) is 4.99 Å². The van der Waals surface area contributed by atoms with Gasteiger partial charge in [-0.1, -0.05) is 0 Å². The zero-order chi connectivity index (χ0) is 8.27. The Labute approximate surface area is 65.6 Å². The standard InChI is InChI=1S/C8H10N2O/c1-7-3-4-8(5-9-2)10(11)6-7/h3-6H,1-2H3/b9-5+. The first-order chi connectivity index (χ1) is 5.24. The van der Waals surface area contributed by atoms with Gasteiger partial charge in [-0.05, 0) is 13.0 Å². The Balaban J connectivity index is 3.09. The summed E-state index contributed by atoms with van der Waals surface area (Å²) in [6.45, 7) is 1.88. The van der Waals surface area contributed by atoms with Crippen LogP contribution in [0.4, 0.5) is 0 Å². The molecule has 58 valence electrons. The molecule has 0 saturated carbocycles. The molecule has 0 aliphatic carbocycles. The lowest BCUT2D eigenvalue weighted by Crippen LogP contribution is -2.31. The molecule has 1 aromatic rings. The molecule has 1 heterocycles. The minimum absolute atomic E-state index is 0.568. The third-order valence-corrected chi connectivity index (χ3v) is 1.35. The first-order valence-electron chi connectivity index (χ1n) is 3.36. The van der Waals surface area contributed by atoms with E-state index in [-0.39, 0.29) is 0 Å². The van der Waals surface area contributed by atoms with Crippen molar-refractivity contribution in [3.8, 4) is 0 Å². The van der Waals surface area contributed by atoms with Crippen LogP contribution < -0.4 is 4.73 Å². The first kappa shape index (κ1) is 7.72. The van der Waals surface area contributed by atoms with Crippen LogP contribution in [0, 0.1) is 12.1 Å². The molecule has 0 amide bonds. The zero-order valence-corrected chi connectivity index (χ0v) is 6.61. The molecule has 0 aromatic carbocycles. The monoisotopic (exact) mass is 150 g/mol. The second-order valence-corrected chi connectivity index (χ2v) is 2.34. The van der Waals surface area contributed by atoms with E-state index < -0.39 is 0 Å². The van der Waals surface area contributed by atoms with Gasteiger partial charge < -0.3 is 5.21 Å². The van der Waals surface area contributed by atoms with Gasteiger partial charge in [0, 0.05) is 18.7 Å². The number of rotatable bonds is 1. The van der Waals surface area contributed by atoms with Crippen molar-refractivity contribution >= 4 is 6.21 Å². The molecule has 0 saturated heterocycles. The number of aryl methyl sites for hydroxylation is 1. The van der Waals surface area contributed by atoms with Crippen molar-refractivity contribution < 1.29 is 4.73 Å². The van der Waals surface area contributed by atoms with Crippen LogP contribution in [0.15, 0.2) is 23.3 Å². The highest BCUT2D eigenvalue weighted by atomic mass is 16.5. The maximum absolute atomic E-state index is 11.1. The minimum atomic E-state index is 0.568. The highest BCUT2D eigenvalue weighted by molar-refractivity contribution is 5.74. The average Bonchev–Trinajstić information content (AvgIpc) is 1.95. The smallest absolute Gasteiger partial charge is 0.234 e. The van der Waals surface area contributed by atoms with Gasteiger partial charge in [-0.2, -0.15) is 4.73 Å². The van der Waals surface area contributed by atoms with Gasteiger partial charge in [-0.15, -0.1) is 0 Å². The van der Waals surface area contributed by atoms with Gasteiger partial charge >= 0.3 is 0 Å². The number of nitrogens with zero attached hydrogens (tertiary/aromatic N) is 2. The molecule has 0 radical (unpaired) electrons. The normalized spacial score (nSPS) is 10.7. The van der Waals surface area contributed by atoms with Gasteiger partial charge in [-0.3, -0.25) is 4.99 Å². The maximum atomic E-state index is 11.1. The highest BCUT2D eigenvalue weighted by Crippen LogP contribution is 1.93. The lowest BCUT2D eigenvalue weighted by Gasteiger charge is -1.99. The number of hydrogen-bond donors (Lipinski definition) is 0. The Morgan fingerprint density at radius 2 is 2.27 bits per heavy atom. The molecular formula is C8H10N2O. The van der Waals surface area contributed by atoms with E-state index in [2.05, 4.69) is 4.99 Å². The highest BCUT2D eigenvalue weighted by Gasteiger charge is 1.99. The number of aliphatic imine (C=N–C) groups is 1. The van der Waals surface area contributed by atoms with Crippen LogP contribution in [-0.4, -0.2) is 13.3 Å². The van der Waals surface area contributed by atoms with Gasteiger partial charge in [0.15, 0.2) is 6.20 Å². The summed E-state index contributed by atoms with van der Waals surface area (Å²) in [4.78, 5) is 3.75. The van der Waals surface area contributed by atoms with Gasteiger partial charge in [0.1, 0.15) is 0 Å². The molecule has 3 heteroatoms. The summed E-state index contributed by atoms with van der Waals surface area (Å²) in [7, 11) is 1.64. The molecule has 0 N–H and O–H groups in total. The summed E-state index contributed by atoms with van der Waals surface area (Å²) < 4.78 is 0.808. The summed E-state index contributed by atoms with van der Waals surface area (Å²) in [5, 5.41) is 11.1. The van der Waals surface area contributed by atoms with E-state index in [4.69, 9.17) is 0 Å². The van der Waals surface area contributed by atoms with Crippen LogP contribution in [0.1, 0.15) is 11.3 Å².